The molecule has 1 fully saturated rings. The van der Waals surface area contributed by atoms with Gasteiger partial charge >= 0.3 is 6.09 Å². The minimum atomic E-state index is -0.308. The van der Waals surface area contributed by atoms with Crippen LogP contribution in [0.1, 0.15) is 44.5 Å². The lowest BCUT2D eigenvalue weighted by molar-refractivity contribution is -0.0539. The average molecular weight is 392 g/mol. The fourth-order valence-corrected chi connectivity index (χ4v) is 3.96. The van der Waals surface area contributed by atoms with E-state index in [0.717, 1.165) is 28.6 Å². The molecule has 0 saturated carbocycles. The summed E-state index contributed by atoms with van der Waals surface area (Å²) in [6, 6.07) is 19.9. The molecule has 4 rings (SSSR count). The number of nitrogens with zero attached hydrogens (tertiary/aromatic N) is 1. The molecule has 29 heavy (non-hydrogen) atoms. The van der Waals surface area contributed by atoms with E-state index in [1.165, 1.54) is 0 Å². The number of H-pyrrole nitrogens is 1. The maximum Gasteiger partial charge on any atom is 0.410 e. The zero-order valence-corrected chi connectivity index (χ0v) is 17.2. The number of rotatable bonds is 4. The molecule has 2 unspecified atom stereocenters. The molecule has 5 nitrogen and oxygen atoms in total. The van der Waals surface area contributed by atoms with Crippen molar-refractivity contribution in [2.24, 2.45) is 0 Å². The Hall–Kier alpha value is -2.79. The molecular formula is C24H28N2O3. The number of carbonyl (C=O) groups is 1. The van der Waals surface area contributed by atoms with Gasteiger partial charge in [-0.15, -0.1) is 0 Å². The van der Waals surface area contributed by atoms with Gasteiger partial charge in [-0.25, -0.2) is 4.79 Å². The number of fused-ring (bicyclic) bond motifs is 1. The number of para-hydroxylation sites is 1. The Bertz CT molecular complexity index is 941. The Morgan fingerprint density at radius 3 is 2.55 bits per heavy atom. The molecule has 1 aliphatic rings. The van der Waals surface area contributed by atoms with E-state index in [9.17, 15) is 4.79 Å². The first-order chi connectivity index (χ1) is 13.9. The van der Waals surface area contributed by atoms with Crippen molar-refractivity contribution in [1.82, 2.24) is 9.88 Å². The smallest absolute Gasteiger partial charge is 0.410 e. The summed E-state index contributed by atoms with van der Waals surface area (Å²) in [5.74, 6) is 0. The van der Waals surface area contributed by atoms with Gasteiger partial charge in [-0.2, -0.15) is 0 Å². The van der Waals surface area contributed by atoms with Crippen molar-refractivity contribution in [3.05, 3.63) is 71.9 Å². The lowest BCUT2D eigenvalue weighted by Crippen LogP contribution is -2.34. The Kier molecular flexibility index (Phi) is 5.33. The second-order valence-electron chi connectivity index (χ2n) is 8.61. The van der Waals surface area contributed by atoms with Crippen molar-refractivity contribution in [3.63, 3.8) is 0 Å². The highest BCUT2D eigenvalue weighted by Crippen LogP contribution is 2.36. The van der Waals surface area contributed by atoms with Crippen LogP contribution in [0, 0.1) is 0 Å². The largest absolute Gasteiger partial charge is 0.445 e. The minimum absolute atomic E-state index is 0.0318. The van der Waals surface area contributed by atoms with Gasteiger partial charge in [-0.3, -0.25) is 4.90 Å². The number of carbonyl (C=O) groups excluding carboxylic acids is 1. The van der Waals surface area contributed by atoms with Gasteiger partial charge in [-0.1, -0.05) is 48.5 Å². The molecule has 0 radical (unpaired) electrons. The van der Waals surface area contributed by atoms with Crippen molar-refractivity contribution in [2.75, 3.05) is 6.54 Å². The van der Waals surface area contributed by atoms with Crippen molar-refractivity contribution in [1.29, 1.82) is 0 Å². The number of nitrogens with one attached hydrogen (secondary N) is 1. The lowest BCUT2D eigenvalue weighted by Gasteiger charge is -2.25. The van der Waals surface area contributed by atoms with Gasteiger partial charge in [0.2, 0.25) is 0 Å². The van der Waals surface area contributed by atoms with Crippen LogP contribution in [0.25, 0.3) is 10.9 Å². The first kappa shape index (κ1) is 19.5. The van der Waals surface area contributed by atoms with Gasteiger partial charge in [0, 0.05) is 17.6 Å². The maximum absolute atomic E-state index is 13.0. The molecule has 3 aromatic rings. The van der Waals surface area contributed by atoms with E-state index in [1.54, 1.807) is 4.90 Å². The van der Waals surface area contributed by atoms with E-state index in [-0.39, 0.29) is 30.4 Å². The van der Waals surface area contributed by atoms with E-state index in [4.69, 9.17) is 9.47 Å². The standard InChI is InChI=1S/C24H28N2O3/c1-24(2,3)29-19-14-22(21-13-18-11-7-8-12-20(18)25-21)26(15-19)23(27)28-16-17-9-5-4-6-10-17/h4-13,19,22,25H,14-16H2,1-3H3. The quantitative estimate of drug-likeness (QED) is 0.644. The van der Waals surface area contributed by atoms with Gasteiger partial charge < -0.3 is 14.5 Å². The number of aromatic amines is 1. The van der Waals surface area contributed by atoms with Crippen molar-refractivity contribution in [2.45, 2.75) is 51.5 Å². The normalized spacial score (nSPS) is 19.6. The summed E-state index contributed by atoms with van der Waals surface area (Å²) in [4.78, 5) is 18.2. The number of likely N-dealkylation sites (tertiary alicyclic amines) is 1. The highest BCUT2D eigenvalue weighted by molar-refractivity contribution is 5.80. The van der Waals surface area contributed by atoms with Crippen LogP contribution in [-0.2, 0) is 16.1 Å². The summed E-state index contributed by atoms with van der Waals surface area (Å²) in [7, 11) is 0. The second kappa shape index (κ2) is 7.91. The van der Waals surface area contributed by atoms with Crippen molar-refractivity contribution < 1.29 is 14.3 Å². The minimum Gasteiger partial charge on any atom is -0.445 e. The lowest BCUT2D eigenvalue weighted by atomic mass is 10.1. The van der Waals surface area contributed by atoms with Crippen molar-refractivity contribution in [3.8, 4) is 0 Å². The topological polar surface area (TPSA) is 54.6 Å². The molecule has 1 N–H and O–H groups in total. The van der Waals surface area contributed by atoms with Gasteiger partial charge in [0.05, 0.1) is 24.3 Å². The molecule has 0 bridgehead atoms. The molecule has 5 heteroatoms. The van der Waals surface area contributed by atoms with Gasteiger partial charge in [0.1, 0.15) is 6.61 Å². The van der Waals surface area contributed by atoms with E-state index >= 15 is 0 Å². The summed E-state index contributed by atoms with van der Waals surface area (Å²) >= 11 is 0. The Labute approximate surface area is 171 Å². The average Bonchev–Trinajstić information content (AvgIpc) is 3.29. The van der Waals surface area contributed by atoms with Crippen LogP contribution < -0.4 is 0 Å². The number of benzene rings is 2. The first-order valence-corrected chi connectivity index (χ1v) is 10.1. The van der Waals surface area contributed by atoms with Crippen LogP contribution in [0.4, 0.5) is 4.79 Å². The van der Waals surface area contributed by atoms with E-state index in [1.807, 2.05) is 63.2 Å². The van der Waals surface area contributed by atoms with Crippen molar-refractivity contribution >= 4 is 17.0 Å². The summed E-state index contributed by atoms with van der Waals surface area (Å²) in [5.41, 5.74) is 2.80. The molecule has 152 valence electrons. The predicted octanol–water partition coefficient (Wildman–Crippen LogP) is 5.44. The number of amides is 1. The number of ether oxygens (including phenoxy) is 2. The Morgan fingerprint density at radius 2 is 1.83 bits per heavy atom. The van der Waals surface area contributed by atoms with Gasteiger partial charge in [0.15, 0.2) is 0 Å². The molecule has 0 aliphatic carbocycles. The number of hydrogen-bond donors (Lipinski definition) is 1. The van der Waals surface area contributed by atoms with E-state index in [0.29, 0.717) is 6.54 Å². The molecule has 1 saturated heterocycles. The second-order valence-corrected chi connectivity index (χ2v) is 8.61. The highest BCUT2D eigenvalue weighted by atomic mass is 16.6. The van der Waals surface area contributed by atoms with E-state index in [2.05, 4.69) is 23.2 Å². The van der Waals surface area contributed by atoms with Crippen LogP contribution in [0.2, 0.25) is 0 Å². The zero-order valence-electron chi connectivity index (χ0n) is 17.2. The molecule has 0 spiro atoms. The van der Waals surface area contributed by atoms with Crippen LogP contribution >= 0.6 is 0 Å². The van der Waals surface area contributed by atoms with Crippen LogP contribution in [-0.4, -0.2) is 34.2 Å². The maximum atomic E-state index is 13.0. The molecule has 1 aliphatic heterocycles. The fraction of sp³-hybridized carbons (Fsp3) is 0.375. The van der Waals surface area contributed by atoms with Crippen LogP contribution in [0.3, 0.4) is 0 Å². The Balaban J connectivity index is 1.54. The predicted molar refractivity (Wildman–Crippen MR) is 114 cm³/mol. The Morgan fingerprint density at radius 1 is 1.10 bits per heavy atom. The summed E-state index contributed by atoms with van der Waals surface area (Å²) in [6.45, 7) is 6.91. The molecule has 2 aromatic carbocycles. The first-order valence-electron chi connectivity index (χ1n) is 10.1. The third kappa shape index (κ3) is 4.62. The third-order valence-corrected chi connectivity index (χ3v) is 5.13. The summed E-state index contributed by atoms with van der Waals surface area (Å²) < 4.78 is 11.8. The fourth-order valence-electron chi connectivity index (χ4n) is 3.96. The summed E-state index contributed by atoms with van der Waals surface area (Å²) in [5, 5.41) is 1.14. The number of aromatic nitrogens is 1. The monoisotopic (exact) mass is 392 g/mol. The molecule has 1 aromatic heterocycles. The van der Waals surface area contributed by atoms with Crippen LogP contribution in [0.15, 0.2) is 60.7 Å². The van der Waals surface area contributed by atoms with Gasteiger partial charge in [0.25, 0.3) is 0 Å². The SMILES string of the molecule is CC(C)(C)OC1CC(c2cc3ccccc3[nH]2)N(C(=O)OCc2ccccc2)C1. The molecule has 1 amide bonds. The van der Waals surface area contributed by atoms with Gasteiger partial charge in [-0.05, 0) is 43.9 Å². The van der Waals surface area contributed by atoms with Crippen LogP contribution in [0.5, 0.6) is 0 Å². The number of hydrogen-bond acceptors (Lipinski definition) is 3. The zero-order chi connectivity index (χ0) is 20.4. The summed E-state index contributed by atoms with van der Waals surface area (Å²) in [6.07, 6.45) is 0.401. The van der Waals surface area contributed by atoms with E-state index < -0.39 is 0 Å². The molecular weight excluding hydrogens is 364 g/mol. The molecule has 2 atom stereocenters. The molecule has 2 heterocycles. The third-order valence-electron chi connectivity index (χ3n) is 5.13. The highest BCUT2D eigenvalue weighted by Gasteiger charge is 2.40.